The molecule has 0 atom stereocenters. The molecular weight excluding hydrogens is 444 g/mol. The molecule has 0 radical (unpaired) electrons. The first-order valence-corrected chi connectivity index (χ1v) is 13.3. The van der Waals surface area contributed by atoms with E-state index in [1.165, 1.54) is 0 Å². The maximum atomic E-state index is 13.4. The summed E-state index contributed by atoms with van der Waals surface area (Å²) in [5, 5.41) is 0.732. The fourth-order valence-electron chi connectivity index (χ4n) is 4.06. The number of benzene rings is 2. The Morgan fingerprint density at radius 2 is 1.78 bits per heavy atom. The van der Waals surface area contributed by atoms with Gasteiger partial charge in [-0.3, -0.25) is 0 Å². The summed E-state index contributed by atoms with van der Waals surface area (Å²) < 4.78 is 34.3. The number of hydrogen-bond donors (Lipinski definition) is 0. The Hall–Kier alpha value is -1.76. The Labute approximate surface area is 198 Å². The molecule has 0 spiro atoms. The zero-order valence-corrected chi connectivity index (χ0v) is 21.2. The lowest BCUT2D eigenvalue weighted by atomic mass is 10.0. The maximum absolute atomic E-state index is 13.4. The van der Waals surface area contributed by atoms with E-state index >= 15 is 0 Å². The van der Waals surface area contributed by atoms with Crippen molar-refractivity contribution in [2.24, 2.45) is 0 Å². The highest BCUT2D eigenvalue weighted by atomic mass is 35.5. The van der Waals surface area contributed by atoms with Crippen molar-refractivity contribution in [2.75, 3.05) is 37.7 Å². The number of anilines is 1. The highest BCUT2D eigenvalue weighted by Gasteiger charge is 2.30. The standard InChI is InChI=1S/C25H35ClN2O3S/c1-5-6-7-17-31-25-12-11-21(18-22(25)19(2)3)32(29,30)28-15-13-27(14-16-28)24-10-8-9-23(26)20(24)4/h8-12,18-19H,5-7,13-17H2,1-4H3. The van der Waals surface area contributed by atoms with Crippen molar-refractivity contribution in [1.29, 1.82) is 0 Å². The lowest BCUT2D eigenvalue weighted by Gasteiger charge is -2.36. The summed E-state index contributed by atoms with van der Waals surface area (Å²) in [6, 6.07) is 11.2. The van der Waals surface area contributed by atoms with Gasteiger partial charge in [-0.1, -0.05) is 51.3 Å². The Morgan fingerprint density at radius 3 is 2.44 bits per heavy atom. The van der Waals surface area contributed by atoms with Gasteiger partial charge in [0.15, 0.2) is 0 Å². The van der Waals surface area contributed by atoms with Crippen LogP contribution in [-0.4, -0.2) is 45.5 Å². The van der Waals surface area contributed by atoms with E-state index in [0.717, 1.165) is 46.8 Å². The minimum atomic E-state index is -3.56. The molecule has 0 amide bonds. The second-order valence-electron chi connectivity index (χ2n) is 8.68. The lowest BCUT2D eigenvalue weighted by Crippen LogP contribution is -2.48. The Balaban J connectivity index is 1.73. The molecule has 1 aliphatic rings. The van der Waals surface area contributed by atoms with E-state index in [2.05, 4.69) is 25.7 Å². The van der Waals surface area contributed by atoms with Crippen molar-refractivity contribution in [2.45, 2.75) is 57.8 Å². The third-order valence-electron chi connectivity index (χ3n) is 6.06. The molecule has 3 rings (SSSR count). The Kier molecular flexibility index (Phi) is 8.48. The van der Waals surface area contributed by atoms with Crippen molar-refractivity contribution in [3.63, 3.8) is 0 Å². The molecule has 32 heavy (non-hydrogen) atoms. The monoisotopic (exact) mass is 478 g/mol. The summed E-state index contributed by atoms with van der Waals surface area (Å²) in [6.45, 7) is 11.1. The first-order chi connectivity index (χ1) is 15.3. The number of unbranched alkanes of at least 4 members (excludes halogenated alkanes) is 2. The summed E-state index contributed by atoms with van der Waals surface area (Å²) in [5.74, 6) is 0.963. The summed E-state index contributed by atoms with van der Waals surface area (Å²) in [6.07, 6.45) is 3.27. The topological polar surface area (TPSA) is 49.9 Å². The molecule has 0 aliphatic carbocycles. The van der Waals surface area contributed by atoms with Crippen LogP contribution < -0.4 is 9.64 Å². The van der Waals surface area contributed by atoms with Crippen molar-refractivity contribution in [1.82, 2.24) is 4.31 Å². The van der Waals surface area contributed by atoms with Crippen molar-refractivity contribution in [3.05, 3.63) is 52.5 Å². The van der Waals surface area contributed by atoms with E-state index in [0.29, 0.717) is 37.7 Å². The number of hydrogen-bond acceptors (Lipinski definition) is 4. The molecule has 0 bridgehead atoms. The molecule has 1 heterocycles. The van der Waals surface area contributed by atoms with Crippen molar-refractivity contribution >= 4 is 27.3 Å². The van der Waals surface area contributed by atoms with Crippen LogP contribution in [0.5, 0.6) is 5.75 Å². The van der Waals surface area contributed by atoms with Gasteiger partial charge in [0.25, 0.3) is 0 Å². The third-order valence-corrected chi connectivity index (χ3v) is 8.37. The quantitative estimate of drug-likeness (QED) is 0.424. The number of halogens is 1. The number of nitrogens with zero attached hydrogens (tertiary/aromatic N) is 2. The van der Waals surface area contributed by atoms with Crippen LogP contribution in [0.2, 0.25) is 5.02 Å². The number of sulfonamides is 1. The van der Waals surface area contributed by atoms with E-state index in [4.69, 9.17) is 16.3 Å². The summed E-state index contributed by atoms with van der Waals surface area (Å²) >= 11 is 6.27. The molecule has 0 aromatic heterocycles. The zero-order valence-electron chi connectivity index (χ0n) is 19.6. The smallest absolute Gasteiger partial charge is 0.243 e. The van der Waals surface area contributed by atoms with Crippen LogP contribution >= 0.6 is 11.6 Å². The van der Waals surface area contributed by atoms with Gasteiger partial charge >= 0.3 is 0 Å². The van der Waals surface area contributed by atoms with Crippen LogP contribution in [0.4, 0.5) is 5.69 Å². The van der Waals surface area contributed by atoms with E-state index < -0.39 is 10.0 Å². The molecular formula is C25H35ClN2O3S. The molecule has 0 unspecified atom stereocenters. The molecule has 1 saturated heterocycles. The van der Waals surface area contributed by atoms with Crippen LogP contribution in [-0.2, 0) is 10.0 Å². The summed E-state index contributed by atoms with van der Waals surface area (Å²) in [7, 11) is -3.56. The average Bonchev–Trinajstić information content (AvgIpc) is 2.78. The Bertz CT molecular complexity index is 1020. The fourth-order valence-corrected chi connectivity index (χ4v) is 5.69. The van der Waals surface area contributed by atoms with Gasteiger partial charge in [-0.15, -0.1) is 0 Å². The van der Waals surface area contributed by atoms with Crippen molar-refractivity contribution in [3.8, 4) is 5.75 Å². The average molecular weight is 479 g/mol. The predicted octanol–water partition coefficient (Wildman–Crippen LogP) is 5.85. The number of piperazine rings is 1. The van der Waals surface area contributed by atoms with Gasteiger partial charge in [-0.2, -0.15) is 4.31 Å². The van der Waals surface area contributed by atoms with E-state index in [1.807, 2.05) is 31.2 Å². The van der Waals surface area contributed by atoms with Gasteiger partial charge in [0.05, 0.1) is 11.5 Å². The lowest BCUT2D eigenvalue weighted by molar-refractivity contribution is 0.302. The summed E-state index contributed by atoms with van der Waals surface area (Å²) in [4.78, 5) is 2.55. The fraction of sp³-hybridized carbons (Fsp3) is 0.520. The number of rotatable bonds is 9. The van der Waals surface area contributed by atoms with Crippen LogP contribution in [0.25, 0.3) is 0 Å². The van der Waals surface area contributed by atoms with Gasteiger partial charge in [-0.05, 0) is 60.7 Å². The Morgan fingerprint density at radius 1 is 1.06 bits per heavy atom. The van der Waals surface area contributed by atoms with E-state index in [1.54, 1.807) is 16.4 Å². The predicted molar refractivity (Wildman–Crippen MR) is 133 cm³/mol. The second kappa shape index (κ2) is 10.9. The minimum absolute atomic E-state index is 0.175. The molecule has 7 heteroatoms. The first kappa shape index (κ1) is 24.9. The van der Waals surface area contributed by atoms with Crippen LogP contribution in [0.1, 0.15) is 57.1 Å². The summed E-state index contributed by atoms with van der Waals surface area (Å²) in [5.41, 5.74) is 3.04. The molecule has 2 aromatic rings. The molecule has 2 aromatic carbocycles. The van der Waals surface area contributed by atoms with Gasteiger partial charge < -0.3 is 9.64 Å². The van der Waals surface area contributed by atoms with Crippen molar-refractivity contribution < 1.29 is 13.2 Å². The molecule has 176 valence electrons. The normalized spacial score (nSPS) is 15.4. The zero-order chi connectivity index (χ0) is 23.3. The van der Waals surface area contributed by atoms with Gasteiger partial charge in [0.2, 0.25) is 10.0 Å². The van der Waals surface area contributed by atoms with E-state index in [9.17, 15) is 8.42 Å². The van der Waals surface area contributed by atoms with E-state index in [-0.39, 0.29) is 5.92 Å². The highest BCUT2D eigenvalue weighted by Crippen LogP contribution is 2.32. The van der Waals surface area contributed by atoms with Crippen LogP contribution in [0, 0.1) is 6.92 Å². The van der Waals surface area contributed by atoms with Gasteiger partial charge in [0, 0.05) is 36.9 Å². The minimum Gasteiger partial charge on any atom is -0.493 e. The van der Waals surface area contributed by atoms with Gasteiger partial charge in [0.1, 0.15) is 5.75 Å². The largest absolute Gasteiger partial charge is 0.493 e. The van der Waals surface area contributed by atoms with Crippen LogP contribution in [0.15, 0.2) is 41.3 Å². The molecule has 1 aliphatic heterocycles. The SMILES string of the molecule is CCCCCOc1ccc(S(=O)(=O)N2CCN(c3cccc(Cl)c3C)CC2)cc1C(C)C. The third kappa shape index (κ3) is 5.59. The molecule has 0 N–H and O–H groups in total. The first-order valence-electron chi connectivity index (χ1n) is 11.5. The molecule has 1 fully saturated rings. The van der Waals surface area contributed by atoms with Gasteiger partial charge in [-0.25, -0.2) is 8.42 Å². The number of ether oxygens (including phenoxy) is 1. The maximum Gasteiger partial charge on any atom is 0.243 e. The molecule has 5 nitrogen and oxygen atoms in total. The highest BCUT2D eigenvalue weighted by molar-refractivity contribution is 7.89. The van der Waals surface area contributed by atoms with Crippen LogP contribution in [0.3, 0.4) is 0 Å². The molecule has 0 saturated carbocycles. The second-order valence-corrected chi connectivity index (χ2v) is 11.0.